The van der Waals surface area contributed by atoms with E-state index in [-0.39, 0.29) is 18.9 Å². The van der Waals surface area contributed by atoms with Crippen molar-refractivity contribution in [1.29, 1.82) is 0 Å². The number of aliphatic hydroxyl groups is 1. The van der Waals surface area contributed by atoms with Crippen molar-refractivity contribution in [2.45, 2.75) is 12.8 Å². The highest BCUT2D eigenvalue weighted by atomic mass is 32.1. The van der Waals surface area contributed by atoms with Gasteiger partial charge in [0.1, 0.15) is 0 Å². The molecule has 0 atom stereocenters. The zero-order valence-corrected chi connectivity index (χ0v) is 16.3. The maximum Gasteiger partial charge on any atom is 0.230 e. The summed E-state index contributed by atoms with van der Waals surface area (Å²) in [7, 11) is 0. The van der Waals surface area contributed by atoms with E-state index >= 15 is 0 Å². The summed E-state index contributed by atoms with van der Waals surface area (Å²) in [5, 5.41) is 20.7. The SMILES string of the molecule is O=C(Cc1csc(Nc2ccccc2)n1)Nc1ccc(CCNCCO)cc1. The van der Waals surface area contributed by atoms with Gasteiger partial charge in [0.25, 0.3) is 0 Å². The molecule has 0 bridgehead atoms. The van der Waals surface area contributed by atoms with Gasteiger partial charge in [0.05, 0.1) is 18.7 Å². The van der Waals surface area contributed by atoms with E-state index in [9.17, 15) is 4.79 Å². The van der Waals surface area contributed by atoms with Crippen LogP contribution in [0, 0.1) is 0 Å². The molecule has 1 heterocycles. The number of hydrogen-bond acceptors (Lipinski definition) is 6. The summed E-state index contributed by atoms with van der Waals surface area (Å²) in [6, 6.07) is 17.6. The fourth-order valence-corrected chi connectivity index (χ4v) is 3.38. The molecule has 2 aromatic carbocycles. The van der Waals surface area contributed by atoms with Crippen LogP contribution >= 0.6 is 11.3 Å². The largest absolute Gasteiger partial charge is 0.395 e. The molecule has 0 saturated carbocycles. The minimum absolute atomic E-state index is 0.0890. The molecule has 0 aliphatic carbocycles. The average molecular weight is 397 g/mol. The number of anilines is 3. The van der Waals surface area contributed by atoms with Crippen molar-refractivity contribution in [2.24, 2.45) is 0 Å². The summed E-state index contributed by atoms with van der Waals surface area (Å²) in [5.74, 6) is -0.0890. The zero-order valence-electron chi connectivity index (χ0n) is 15.5. The van der Waals surface area contributed by atoms with Gasteiger partial charge in [-0.1, -0.05) is 30.3 Å². The normalized spacial score (nSPS) is 10.6. The quantitative estimate of drug-likeness (QED) is 0.396. The lowest BCUT2D eigenvalue weighted by Gasteiger charge is -2.07. The number of rotatable bonds is 10. The number of aromatic nitrogens is 1. The molecular weight excluding hydrogens is 372 g/mol. The summed E-state index contributed by atoms with van der Waals surface area (Å²) in [6.45, 7) is 1.57. The monoisotopic (exact) mass is 396 g/mol. The maximum atomic E-state index is 12.3. The molecule has 3 rings (SSSR count). The Bertz CT molecular complexity index is 866. The van der Waals surface area contributed by atoms with E-state index in [0.29, 0.717) is 6.54 Å². The number of hydrogen-bond donors (Lipinski definition) is 4. The molecule has 4 N–H and O–H groups in total. The standard InChI is InChI=1S/C21H24N4O2S/c26-13-12-22-11-10-16-6-8-18(9-7-16)23-20(27)14-19-15-28-21(25-19)24-17-4-2-1-3-5-17/h1-9,15,22,26H,10-14H2,(H,23,27)(H,24,25). The van der Waals surface area contributed by atoms with Crippen molar-refractivity contribution in [3.63, 3.8) is 0 Å². The lowest BCUT2D eigenvalue weighted by atomic mass is 10.1. The van der Waals surface area contributed by atoms with E-state index in [1.54, 1.807) is 0 Å². The number of thiazole rings is 1. The predicted molar refractivity (Wildman–Crippen MR) is 114 cm³/mol. The highest BCUT2D eigenvalue weighted by Gasteiger charge is 2.08. The fourth-order valence-electron chi connectivity index (χ4n) is 2.65. The van der Waals surface area contributed by atoms with Crippen molar-refractivity contribution in [3.8, 4) is 0 Å². The van der Waals surface area contributed by atoms with Gasteiger partial charge < -0.3 is 21.1 Å². The summed E-state index contributed by atoms with van der Waals surface area (Å²) < 4.78 is 0. The molecule has 0 aliphatic rings. The summed E-state index contributed by atoms with van der Waals surface area (Å²) in [4.78, 5) is 16.7. The van der Waals surface area contributed by atoms with Crippen molar-refractivity contribution >= 4 is 33.8 Å². The highest BCUT2D eigenvalue weighted by molar-refractivity contribution is 7.13. The molecule has 146 valence electrons. The molecule has 6 nitrogen and oxygen atoms in total. The zero-order chi connectivity index (χ0) is 19.6. The van der Waals surface area contributed by atoms with Crippen LogP contribution in [0.5, 0.6) is 0 Å². The fraction of sp³-hybridized carbons (Fsp3) is 0.238. The first kappa shape index (κ1) is 20.0. The van der Waals surface area contributed by atoms with Gasteiger partial charge in [-0.25, -0.2) is 4.98 Å². The molecule has 0 aliphatic heterocycles. The Morgan fingerprint density at radius 3 is 2.54 bits per heavy atom. The van der Waals surface area contributed by atoms with Gasteiger partial charge in [-0.3, -0.25) is 4.79 Å². The van der Waals surface area contributed by atoms with Gasteiger partial charge in [0, 0.05) is 23.3 Å². The Morgan fingerprint density at radius 1 is 1.00 bits per heavy atom. The van der Waals surface area contributed by atoms with Crippen LogP contribution in [0.1, 0.15) is 11.3 Å². The van der Waals surface area contributed by atoms with Gasteiger partial charge in [0.2, 0.25) is 5.91 Å². The number of carbonyl (C=O) groups is 1. The highest BCUT2D eigenvalue weighted by Crippen LogP contribution is 2.21. The van der Waals surface area contributed by atoms with E-state index < -0.39 is 0 Å². The topological polar surface area (TPSA) is 86.3 Å². The lowest BCUT2D eigenvalue weighted by molar-refractivity contribution is -0.115. The third kappa shape index (κ3) is 6.45. The molecule has 7 heteroatoms. The number of nitrogens with one attached hydrogen (secondary N) is 3. The minimum Gasteiger partial charge on any atom is -0.395 e. The number of benzene rings is 2. The first-order valence-electron chi connectivity index (χ1n) is 9.20. The van der Waals surface area contributed by atoms with Crippen LogP contribution in [0.4, 0.5) is 16.5 Å². The van der Waals surface area contributed by atoms with Crippen LogP contribution in [0.2, 0.25) is 0 Å². The Balaban J connectivity index is 1.46. The van der Waals surface area contributed by atoms with Crippen LogP contribution in [0.3, 0.4) is 0 Å². The van der Waals surface area contributed by atoms with Crippen molar-refractivity contribution in [3.05, 3.63) is 71.2 Å². The summed E-state index contributed by atoms with van der Waals surface area (Å²) >= 11 is 1.48. The molecule has 0 fully saturated rings. The van der Waals surface area contributed by atoms with Crippen molar-refractivity contribution in [1.82, 2.24) is 10.3 Å². The Kier molecular flexibility index (Phi) is 7.54. The molecule has 1 amide bonds. The van der Waals surface area contributed by atoms with Gasteiger partial charge in [0.15, 0.2) is 5.13 Å². The number of nitrogens with zero attached hydrogens (tertiary/aromatic N) is 1. The minimum atomic E-state index is -0.0890. The van der Waals surface area contributed by atoms with Crippen LogP contribution in [0.15, 0.2) is 60.0 Å². The van der Waals surface area contributed by atoms with Gasteiger partial charge >= 0.3 is 0 Å². The first-order valence-corrected chi connectivity index (χ1v) is 10.1. The Labute approximate surface area is 168 Å². The maximum absolute atomic E-state index is 12.3. The third-order valence-corrected chi connectivity index (χ3v) is 4.84. The van der Waals surface area contributed by atoms with E-state index in [0.717, 1.165) is 35.2 Å². The number of carbonyl (C=O) groups excluding carboxylic acids is 1. The molecular formula is C21H24N4O2S. The number of amides is 1. The summed E-state index contributed by atoms with van der Waals surface area (Å²) in [6.07, 6.45) is 1.12. The third-order valence-electron chi connectivity index (χ3n) is 4.04. The van der Waals surface area contributed by atoms with Crippen LogP contribution in [-0.4, -0.2) is 35.7 Å². The van der Waals surface area contributed by atoms with Crippen LogP contribution < -0.4 is 16.0 Å². The van der Waals surface area contributed by atoms with E-state index in [1.165, 1.54) is 16.9 Å². The summed E-state index contributed by atoms with van der Waals surface area (Å²) in [5.41, 5.74) is 3.67. The molecule has 0 radical (unpaired) electrons. The lowest BCUT2D eigenvalue weighted by Crippen LogP contribution is -2.20. The molecule has 0 unspecified atom stereocenters. The number of para-hydroxylation sites is 1. The van der Waals surface area contributed by atoms with E-state index in [4.69, 9.17) is 5.11 Å². The van der Waals surface area contributed by atoms with Crippen LogP contribution in [0.25, 0.3) is 0 Å². The number of aliphatic hydroxyl groups excluding tert-OH is 1. The van der Waals surface area contributed by atoms with Crippen LogP contribution in [-0.2, 0) is 17.6 Å². The molecule has 28 heavy (non-hydrogen) atoms. The first-order chi connectivity index (χ1) is 13.7. The Morgan fingerprint density at radius 2 is 1.79 bits per heavy atom. The molecule has 0 saturated heterocycles. The van der Waals surface area contributed by atoms with E-state index in [1.807, 2.05) is 60.0 Å². The second-order valence-corrected chi connectivity index (χ2v) is 7.14. The van der Waals surface area contributed by atoms with Crippen molar-refractivity contribution in [2.75, 3.05) is 30.3 Å². The molecule has 3 aromatic rings. The van der Waals surface area contributed by atoms with Gasteiger partial charge in [-0.15, -0.1) is 11.3 Å². The predicted octanol–water partition coefficient (Wildman–Crippen LogP) is 3.19. The van der Waals surface area contributed by atoms with E-state index in [2.05, 4.69) is 20.9 Å². The second-order valence-electron chi connectivity index (χ2n) is 6.28. The van der Waals surface area contributed by atoms with Gasteiger partial charge in [-0.2, -0.15) is 0 Å². The average Bonchev–Trinajstić information content (AvgIpc) is 3.14. The Hall–Kier alpha value is -2.74. The second kappa shape index (κ2) is 10.6. The van der Waals surface area contributed by atoms with Gasteiger partial charge in [-0.05, 0) is 42.8 Å². The molecule has 1 aromatic heterocycles. The smallest absolute Gasteiger partial charge is 0.230 e. The van der Waals surface area contributed by atoms with Crippen molar-refractivity contribution < 1.29 is 9.90 Å². The molecule has 0 spiro atoms.